The van der Waals surface area contributed by atoms with Crippen LogP contribution in [-0.4, -0.2) is 29.0 Å². The molecule has 1 aromatic carbocycles. The molecule has 0 unspecified atom stereocenters. The molecule has 0 radical (unpaired) electrons. The van der Waals surface area contributed by atoms with Crippen molar-refractivity contribution in [1.82, 2.24) is 9.47 Å². The summed E-state index contributed by atoms with van der Waals surface area (Å²) in [4.78, 5) is 26.6. The number of rotatable bonds is 6. The standard InChI is InChI=1S/C17H21FN2O2S/c1-4-5-9-19(3)16(21)15-12(2)20(17(22)23-15)11-13-7-6-8-14(18)10-13/h6-8,10H,4-5,9,11H2,1-3H3. The summed E-state index contributed by atoms with van der Waals surface area (Å²) in [6, 6.07) is 6.15. The van der Waals surface area contributed by atoms with Crippen molar-refractivity contribution in [3.8, 4) is 0 Å². The molecule has 0 aliphatic rings. The second kappa shape index (κ2) is 7.55. The van der Waals surface area contributed by atoms with Crippen molar-refractivity contribution in [2.45, 2.75) is 33.2 Å². The van der Waals surface area contributed by atoms with Crippen molar-refractivity contribution in [2.24, 2.45) is 0 Å². The average molecular weight is 336 g/mol. The van der Waals surface area contributed by atoms with E-state index in [0.29, 0.717) is 22.7 Å². The largest absolute Gasteiger partial charge is 0.341 e. The Morgan fingerprint density at radius 2 is 2.13 bits per heavy atom. The zero-order valence-electron chi connectivity index (χ0n) is 13.6. The lowest BCUT2D eigenvalue weighted by Crippen LogP contribution is -2.27. The van der Waals surface area contributed by atoms with E-state index in [2.05, 4.69) is 6.92 Å². The van der Waals surface area contributed by atoms with E-state index < -0.39 is 0 Å². The maximum absolute atomic E-state index is 13.3. The Kier molecular flexibility index (Phi) is 5.71. The first-order valence-corrected chi connectivity index (χ1v) is 8.45. The van der Waals surface area contributed by atoms with Gasteiger partial charge in [0.1, 0.15) is 10.7 Å². The highest BCUT2D eigenvalue weighted by Gasteiger charge is 2.20. The Balaban J connectivity index is 2.25. The molecule has 6 heteroatoms. The van der Waals surface area contributed by atoms with Gasteiger partial charge in [0.05, 0.1) is 6.54 Å². The molecule has 0 saturated heterocycles. The van der Waals surface area contributed by atoms with Crippen LogP contribution >= 0.6 is 11.3 Å². The van der Waals surface area contributed by atoms with Gasteiger partial charge in [0.25, 0.3) is 5.91 Å². The van der Waals surface area contributed by atoms with Crippen molar-refractivity contribution in [3.05, 3.63) is 55.9 Å². The highest BCUT2D eigenvalue weighted by molar-refractivity contribution is 7.11. The zero-order valence-corrected chi connectivity index (χ0v) is 14.5. The maximum atomic E-state index is 13.3. The molecule has 124 valence electrons. The number of carbonyl (C=O) groups excluding carboxylic acids is 1. The van der Waals surface area contributed by atoms with E-state index in [4.69, 9.17) is 0 Å². The predicted octanol–water partition coefficient (Wildman–Crippen LogP) is 3.28. The fourth-order valence-electron chi connectivity index (χ4n) is 2.35. The first-order valence-electron chi connectivity index (χ1n) is 7.64. The zero-order chi connectivity index (χ0) is 17.0. The molecular weight excluding hydrogens is 315 g/mol. The van der Waals surface area contributed by atoms with Crippen molar-refractivity contribution in [1.29, 1.82) is 0 Å². The van der Waals surface area contributed by atoms with E-state index in [1.807, 2.05) is 0 Å². The molecule has 2 rings (SSSR count). The van der Waals surface area contributed by atoms with Gasteiger partial charge in [0, 0.05) is 19.3 Å². The molecule has 0 saturated carbocycles. The number of aromatic nitrogens is 1. The van der Waals surface area contributed by atoms with Gasteiger partial charge in [0.2, 0.25) is 0 Å². The number of benzene rings is 1. The third-order valence-corrected chi connectivity index (χ3v) is 4.83. The normalized spacial score (nSPS) is 10.8. The smallest absolute Gasteiger partial charge is 0.308 e. The number of nitrogens with zero attached hydrogens (tertiary/aromatic N) is 2. The highest BCUT2D eigenvalue weighted by Crippen LogP contribution is 2.16. The minimum Gasteiger partial charge on any atom is -0.341 e. The minimum absolute atomic E-state index is 0.129. The van der Waals surface area contributed by atoms with Crippen LogP contribution in [0.25, 0.3) is 0 Å². The summed E-state index contributed by atoms with van der Waals surface area (Å²) >= 11 is 0.957. The van der Waals surface area contributed by atoms with Crippen LogP contribution < -0.4 is 4.87 Å². The first-order chi connectivity index (χ1) is 10.9. The van der Waals surface area contributed by atoms with Crippen LogP contribution in [0.4, 0.5) is 4.39 Å². The molecule has 0 aliphatic heterocycles. The van der Waals surface area contributed by atoms with Crippen LogP contribution in [0.3, 0.4) is 0 Å². The Morgan fingerprint density at radius 3 is 2.78 bits per heavy atom. The van der Waals surface area contributed by atoms with Crippen LogP contribution in [0.2, 0.25) is 0 Å². The topological polar surface area (TPSA) is 42.3 Å². The van der Waals surface area contributed by atoms with Gasteiger partial charge in [-0.1, -0.05) is 36.8 Å². The van der Waals surface area contributed by atoms with Gasteiger partial charge in [-0.3, -0.25) is 14.2 Å². The number of hydrogen-bond acceptors (Lipinski definition) is 3. The second-order valence-electron chi connectivity index (χ2n) is 5.58. The first kappa shape index (κ1) is 17.4. The lowest BCUT2D eigenvalue weighted by molar-refractivity contribution is 0.0796. The maximum Gasteiger partial charge on any atom is 0.308 e. The molecule has 1 aromatic heterocycles. The molecule has 23 heavy (non-hydrogen) atoms. The molecule has 2 aromatic rings. The van der Waals surface area contributed by atoms with Crippen molar-refractivity contribution in [2.75, 3.05) is 13.6 Å². The van der Waals surface area contributed by atoms with E-state index in [9.17, 15) is 14.0 Å². The van der Waals surface area contributed by atoms with Crippen LogP contribution in [0.15, 0.2) is 29.1 Å². The second-order valence-corrected chi connectivity index (χ2v) is 6.54. The monoisotopic (exact) mass is 336 g/mol. The summed E-state index contributed by atoms with van der Waals surface area (Å²) in [7, 11) is 1.75. The molecular formula is C17H21FN2O2S. The van der Waals surface area contributed by atoms with E-state index in [-0.39, 0.29) is 23.1 Å². The molecule has 0 N–H and O–H groups in total. The molecule has 0 bridgehead atoms. The van der Waals surface area contributed by atoms with Crippen molar-refractivity contribution < 1.29 is 9.18 Å². The minimum atomic E-state index is -0.334. The number of halogens is 1. The Morgan fingerprint density at radius 1 is 1.39 bits per heavy atom. The number of amides is 1. The van der Waals surface area contributed by atoms with Gasteiger partial charge in [-0.15, -0.1) is 0 Å². The number of carbonyl (C=O) groups is 1. The molecule has 4 nitrogen and oxygen atoms in total. The fraction of sp³-hybridized carbons (Fsp3) is 0.412. The molecule has 0 spiro atoms. The SMILES string of the molecule is CCCCN(C)C(=O)c1sc(=O)n(Cc2cccc(F)c2)c1C. The van der Waals surface area contributed by atoms with Gasteiger partial charge < -0.3 is 4.90 Å². The Labute approximate surface area is 139 Å². The summed E-state index contributed by atoms with van der Waals surface area (Å²) < 4.78 is 14.8. The van der Waals surface area contributed by atoms with Crippen LogP contribution in [0, 0.1) is 12.7 Å². The van der Waals surface area contributed by atoms with Crippen LogP contribution in [0.5, 0.6) is 0 Å². The summed E-state index contributed by atoms with van der Waals surface area (Å²) in [6.45, 7) is 4.77. The molecule has 1 amide bonds. The third kappa shape index (κ3) is 4.07. The summed E-state index contributed by atoms with van der Waals surface area (Å²) in [5.74, 6) is -0.463. The average Bonchev–Trinajstić information content (AvgIpc) is 2.80. The summed E-state index contributed by atoms with van der Waals surface area (Å²) in [5, 5.41) is 0. The lowest BCUT2D eigenvalue weighted by atomic mass is 10.2. The molecule has 0 fully saturated rings. The Bertz CT molecular complexity index is 751. The predicted molar refractivity (Wildman–Crippen MR) is 90.7 cm³/mol. The van der Waals surface area contributed by atoms with Crippen LogP contribution in [-0.2, 0) is 6.54 Å². The summed E-state index contributed by atoms with van der Waals surface area (Å²) in [5.41, 5.74) is 1.34. The van der Waals surface area contributed by atoms with Gasteiger partial charge in [-0.05, 0) is 31.0 Å². The van der Waals surface area contributed by atoms with E-state index in [1.54, 1.807) is 31.0 Å². The number of unbranched alkanes of at least 4 members (excludes halogenated alkanes) is 1. The van der Waals surface area contributed by atoms with Gasteiger partial charge in [0.15, 0.2) is 0 Å². The van der Waals surface area contributed by atoms with Crippen molar-refractivity contribution >= 4 is 17.2 Å². The highest BCUT2D eigenvalue weighted by atomic mass is 32.1. The van der Waals surface area contributed by atoms with E-state index in [1.165, 1.54) is 16.7 Å². The quantitative estimate of drug-likeness (QED) is 0.812. The molecule has 0 atom stereocenters. The lowest BCUT2D eigenvalue weighted by Gasteiger charge is -2.16. The van der Waals surface area contributed by atoms with E-state index >= 15 is 0 Å². The van der Waals surface area contributed by atoms with Crippen molar-refractivity contribution in [3.63, 3.8) is 0 Å². The number of hydrogen-bond donors (Lipinski definition) is 0. The molecule has 1 heterocycles. The Hall–Kier alpha value is -1.95. The van der Waals surface area contributed by atoms with Crippen LogP contribution in [0.1, 0.15) is 40.7 Å². The van der Waals surface area contributed by atoms with E-state index in [0.717, 1.165) is 24.2 Å². The van der Waals surface area contributed by atoms with Gasteiger partial charge >= 0.3 is 4.87 Å². The molecule has 0 aliphatic carbocycles. The van der Waals surface area contributed by atoms with Gasteiger partial charge in [-0.2, -0.15) is 0 Å². The summed E-state index contributed by atoms with van der Waals surface area (Å²) in [6.07, 6.45) is 1.94. The fourth-order valence-corrected chi connectivity index (χ4v) is 3.33. The third-order valence-electron chi connectivity index (χ3n) is 3.76. The van der Waals surface area contributed by atoms with Gasteiger partial charge in [-0.25, -0.2) is 4.39 Å². The number of thiazole rings is 1.